The molecule has 2 aromatic rings. The Morgan fingerprint density at radius 1 is 0.900 bits per heavy atom. The lowest BCUT2D eigenvalue weighted by atomic mass is 10.1. The van der Waals surface area contributed by atoms with Crippen LogP contribution in [0.3, 0.4) is 0 Å². The van der Waals surface area contributed by atoms with E-state index in [9.17, 15) is 4.79 Å². The van der Waals surface area contributed by atoms with E-state index >= 15 is 0 Å². The van der Waals surface area contributed by atoms with Crippen molar-refractivity contribution in [2.45, 2.75) is 12.8 Å². The Kier molecular flexibility index (Phi) is 5.40. The normalized spacial score (nSPS) is 11.2. The van der Waals surface area contributed by atoms with E-state index in [1.807, 2.05) is 48.6 Å². The molecular weight excluding hydrogens is 248 g/mol. The van der Waals surface area contributed by atoms with E-state index < -0.39 is 0 Å². The van der Waals surface area contributed by atoms with Crippen molar-refractivity contribution in [2.24, 2.45) is 0 Å². The van der Waals surface area contributed by atoms with E-state index in [-0.39, 0.29) is 5.78 Å². The van der Waals surface area contributed by atoms with Gasteiger partial charge in [-0.2, -0.15) is 0 Å². The highest BCUT2D eigenvalue weighted by molar-refractivity contribution is 5.82. The van der Waals surface area contributed by atoms with Crippen LogP contribution in [-0.2, 0) is 4.79 Å². The lowest BCUT2D eigenvalue weighted by molar-refractivity contribution is -0.117. The summed E-state index contributed by atoms with van der Waals surface area (Å²) in [7, 11) is 0. The van der Waals surface area contributed by atoms with Gasteiger partial charge in [0.05, 0.1) is 0 Å². The van der Waals surface area contributed by atoms with Gasteiger partial charge in [-0.1, -0.05) is 36.4 Å². The Hall–Kier alpha value is -2.55. The Morgan fingerprint density at radius 3 is 1.80 bits per heavy atom. The van der Waals surface area contributed by atoms with Crippen molar-refractivity contribution in [1.29, 1.82) is 0 Å². The summed E-state index contributed by atoms with van der Waals surface area (Å²) < 4.78 is 0. The maximum atomic E-state index is 11.7. The highest BCUT2D eigenvalue weighted by Gasteiger charge is 1.95. The van der Waals surface area contributed by atoms with Crippen molar-refractivity contribution in [1.82, 2.24) is 9.97 Å². The molecule has 0 amide bonds. The SMILES string of the molecule is O=C(CC=Cc1cccnc1)CC=Cc1cccnc1. The second-order valence-electron chi connectivity index (χ2n) is 4.32. The van der Waals surface area contributed by atoms with Crippen molar-refractivity contribution in [3.8, 4) is 0 Å². The molecule has 2 heterocycles. The Balaban J connectivity index is 1.76. The summed E-state index contributed by atoms with van der Waals surface area (Å²) in [5, 5.41) is 0. The van der Waals surface area contributed by atoms with Gasteiger partial charge in [-0.3, -0.25) is 14.8 Å². The number of carbonyl (C=O) groups is 1. The second kappa shape index (κ2) is 7.79. The van der Waals surface area contributed by atoms with Gasteiger partial charge in [-0.25, -0.2) is 0 Å². The predicted octanol–water partition coefficient (Wildman–Crippen LogP) is 3.55. The van der Waals surface area contributed by atoms with Crippen LogP contribution < -0.4 is 0 Å². The molecule has 0 N–H and O–H groups in total. The number of allylic oxidation sites excluding steroid dienone is 2. The monoisotopic (exact) mass is 264 g/mol. The molecule has 100 valence electrons. The van der Waals surface area contributed by atoms with Gasteiger partial charge in [0.15, 0.2) is 0 Å². The largest absolute Gasteiger partial charge is 0.299 e. The van der Waals surface area contributed by atoms with Gasteiger partial charge in [0.1, 0.15) is 5.78 Å². The van der Waals surface area contributed by atoms with Crippen LogP contribution in [0.5, 0.6) is 0 Å². The zero-order chi connectivity index (χ0) is 14.0. The van der Waals surface area contributed by atoms with Crippen LogP contribution in [-0.4, -0.2) is 15.8 Å². The summed E-state index contributed by atoms with van der Waals surface area (Å²) in [4.78, 5) is 19.7. The first-order valence-corrected chi connectivity index (χ1v) is 6.49. The molecule has 0 aromatic carbocycles. The fraction of sp³-hybridized carbons (Fsp3) is 0.118. The van der Waals surface area contributed by atoms with Crippen LogP contribution in [0.25, 0.3) is 12.2 Å². The molecule has 0 saturated carbocycles. The lowest BCUT2D eigenvalue weighted by Crippen LogP contribution is -1.92. The molecule has 0 saturated heterocycles. The van der Waals surface area contributed by atoms with Gasteiger partial charge in [0.2, 0.25) is 0 Å². The molecule has 0 radical (unpaired) electrons. The number of aromatic nitrogens is 2. The maximum Gasteiger partial charge on any atom is 0.140 e. The molecule has 0 unspecified atom stereocenters. The van der Waals surface area contributed by atoms with Crippen LogP contribution in [0.4, 0.5) is 0 Å². The average Bonchev–Trinajstić information content (AvgIpc) is 2.49. The first-order chi connectivity index (χ1) is 9.84. The minimum absolute atomic E-state index is 0.185. The smallest absolute Gasteiger partial charge is 0.140 e. The summed E-state index contributed by atoms with van der Waals surface area (Å²) in [6, 6.07) is 7.66. The number of pyridine rings is 2. The molecule has 0 atom stereocenters. The second-order valence-corrected chi connectivity index (χ2v) is 4.32. The number of Topliss-reactive ketones (excluding diaryl/α,β-unsaturated/α-hetero) is 1. The number of ketones is 1. The summed E-state index contributed by atoms with van der Waals surface area (Å²) in [6.07, 6.45) is 15.4. The fourth-order valence-electron chi connectivity index (χ4n) is 1.69. The summed E-state index contributed by atoms with van der Waals surface area (Å²) in [5.41, 5.74) is 2.01. The number of hydrogen-bond donors (Lipinski definition) is 0. The van der Waals surface area contributed by atoms with Crippen LogP contribution in [0.1, 0.15) is 24.0 Å². The Labute approximate surface area is 118 Å². The van der Waals surface area contributed by atoms with E-state index in [2.05, 4.69) is 9.97 Å². The molecule has 20 heavy (non-hydrogen) atoms. The molecule has 0 bridgehead atoms. The van der Waals surface area contributed by atoms with Crippen LogP contribution in [0, 0.1) is 0 Å². The van der Waals surface area contributed by atoms with E-state index in [0.717, 1.165) is 11.1 Å². The zero-order valence-electron chi connectivity index (χ0n) is 11.1. The quantitative estimate of drug-likeness (QED) is 0.801. The average molecular weight is 264 g/mol. The number of hydrogen-bond acceptors (Lipinski definition) is 3. The van der Waals surface area contributed by atoms with Crippen molar-refractivity contribution in [3.63, 3.8) is 0 Å². The number of rotatable bonds is 6. The standard InChI is InChI=1S/C17H16N2O/c20-17(9-1-5-15-7-3-11-18-13-15)10-2-6-16-8-4-12-19-14-16/h1-8,11-14H,9-10H2. The van der Waals surface area contributed by atoms with Gasteiger partial charge in [0.25, 0.3) is 0 Å². The van der Waals surface area contributed by atoms with Crippen molar-refractivity contribution in [3.05, 3.63) is 72.3 Å². The first kappa shape index (κ1) is 13.9. The van der Waals surface area contributed by atoms with Crippen molar-refractivity contribution in [2.75, 3.05) is 0 Å². The predicted molar refractivity (Wildman–Crippen MR) is 80.8 cm³/mol. The van der Waals surface area contributed by atoms with E-state index in [0.29, 0.717) is 12.8 Å². The minimum Gasteiger partial charge on any atom is -0.299 e. The molecule has 0 spiro atoms. The molecule has 0 aliphatic rings. The first-order valence-electron chi connectivity index (χ1n) is 6.49. The topological polar surface area (TPSA) is 42.9 Å². The minimum atomic E-state index is 0.185. The van der Waals surface area contributed by atoms with Crippen LogP contribution >= 0.6 is 0 Å². The molecule has 0 fully saturated rings. The van der Waals surface area contributed by atoms with Crippen LogP contribution in [0.2, 0.25) is 0 Å². The molecule has 0 aliphatic carbocycles. The summed E-state index contributed by atoms with van der Waals surface area (Å²) in [5.74, 6) is 0.185. The number of carbonyl (C=O) groups excluding carboxylic acids is 1. The maximum absolute atomic E-state index is 11.7. The molecule has 3 heteroatoms. The van der Waals surface area contributed by atoms with Gasteiger partial charge < -0.3 is 0 Å². The summed E-state index contributed by atoms with van der Waals surface area (Å²) >= 11 is 0. The Morgan fingerprint density at radius 2 is 1.40 bits per heavy atom. The van der Waals surface area contributed by atoms with Gasteiger partial charge >= 0.3 is 0 Å². The summed E-state index contributed by atoms with van der Waals surface area (Å²) in [6.45, 7) is 0. The lowest BCUT2D eigenvalue weighted by Gasteiger charge is -1.93. The molecule has 3 nitrogen and oxygen atoms in total. The van der Waals surface area contributed by atoms with Crippen molar-refractivity contribution >= 4 is 17.9 Å². The zero-order valence-corrected chi connectivity index (χ0v) is 11.1. The van der Waals surface area contributed by atoms with E-state index in [1.165, 1.54) is 0 Å². The Bertz CT molecular complexity index is 535. The molecule has 2 aromatic heterocycles. The van der Waals surface area contributed by atoms with Gasteiger partial charge in [-0.05, 0) is 23.3 Å². The molecular formula is C17H16N2O. The van der Waals surface area contributed by atoms with E-state index in [1.54, 1.807) is 24.8 Å². The number of nitrogens with zero attached hydrogens (tertiary/aromatic N) is 2. The van der Waals surface area contributed by atoms with Gasteiger partial charge in [-0.15, -0.1) is 0 Å². The van der Waals surface area contributed by atoms with Crippen LogP contribution in [0.15, 0.2) is 61.2 Å². The fourth-order valence-corrected chi connectivity index (χ4v) is 1.69. The third kappa shape index (κ3) is 4.98. The van der Waals surface area contributed by atoms with Gasteiger partial charge in [0, 0.05) is 37.6 Å². The third-order valence-electron chi connectivity index (χ3n) is 2.68. The molecule has 2 rings (SSSR count). The molecule has 0 aliphatic heterocycles. The van der Waals surface area contributed by atoms with Crippen molar-refractivity contribution < 1.29 is 4.79 Å². The highest BCUT2D eigenvalue weighted by atomic mass is 16.1. The van der Waals surface area contributed by atoms with E-state index in [4.69, 9.17) is 0 Å². The highest BCUT2D eigenvalue weighted by Crippen LogP contribution is 2.03. The third-order valence-corrected chi connectivity index (χ3v) is 2.68.